The lowest BCUT2D eigenvalue weighted by atomic mass is 10.0. The topological polar surface area (TPSA) is 49.7 Å². The van der Waals surface area contributed by atoms with Crippen LogP contribution in [0.15, 0.2) is 24.3 Å². The van der Waals surface area contributed by atoms with Gasteiger partial charge >= 0.3 is 0 Å². The van der Waals surface area contributed by atoms with Crippen LogP contribution in [0.3, 0.4) is 0 Å². The van der Waals surface area contributed by atoms with Gasteiger partial charge in [-0.3, -0.25) is 0 Å². The molecule has 1 aromatic carbocycles. The number of aliphatic hydroxyl groups is 2. The second kappa shape index (κ2) is 4.21. The van der Waals surface area contributed by atoms with Crippen molar-refractivity contribution >= 4 is 0 Å². The Hall–Kier alpha value is -1.06. The van der Waals surface area contributed by atoms with E-state index in [0.717, 1.165) is 12.8 Å². The quantitative estimate of drug-likeness (QED) is 0.788. The molecule has 0 aromatic heterocycles. The molecule has 2 atom stereocenters. The van der Waals surface area contributed by atoms with Crippen molar-refractivity contribution in [3.8, 4) is 5.75 Å². The number of ether oxygens (including phenoxy) is 1. The van der Waals surface area contributed by atoms with Gasteiger partial charge in [-0.25, -0.2) is 0 Å². The zero-order valence-corrected chi connectivity index (χ0v) is 8.76. The summed E-state index contributed by atoms with van der Waals surface area (Å²) in [4.78, 5) is 0. The minimum absolute atomic E-state index is 0.270. The summed E-state index contributed by atoms with van der Waals surface area (Å²) in [6.45, 7) is 0. The summed E-state index contributed by atoms with van der Waals surface area (Å²) in [6.07, 6.45) is 0.592. The van der Waals surface area contributed by atoms with Gasteiger partial charge in [0.25, 0.3) is 0 Å². The van der Waals surface area contributed by atoms with E-state index in [1.165, 1.54) is 0 Å². The summed E-state index contributed by atoms with van der Waals surface area (Å²) < 4.78 is 5.07. The molecule has 1 aliphatic rings. The average molecular weight is 208 g/mol. The normalized spacial score (nSPS) is 19.7. The van der Waals surface area contributed by atoms with E-state index in [-0.39, 0.29) is 5.92 Å². The van der Waals surface area contributed by atoms with E-state index < -0.39 is 12.2 Å². The predicted octanol–water partition coefficient (Wildman–Crippen LogP) is 1.50. The zero-order valence-electron chi connectivity index (χ0n) is 8.76. The molecule has 1 aliphatic carbocycles. The number of methoxy groups -OCH3 is 1. The zero-order chi connectivity index (χ0) is 10.8. The Kier molecular flexibility index (Phi) is 2.93. The van der Waals surface area contributed by atoms with Crippen LogP contribution in [0.5, 0.6) is 5.75 Å². The van der Waals surface area contributed by atoms with E-state index in [2.05, 4.69) is 0 Å². The van der Waals surface area contributed by atoms with Gasteiger partial charge in [0.2, 0.25) is 0 Å². The molecule has 0 saturated heterocycles. The Balaban J connectivity index is 2.12. The monoisotopic (exact) mass is 208 g/mol. The third-order valence-corrected chi connectivity index (χ3v) is 2.86. The van der Waals surface area contributed by atoms with Gasteiger partial charge in [0.15, 0.2) is 0 Å². The summed E-state index contributed by atoms with van der Waals surface area (Å²) in [5.74, 6) is 0.973. The molecule has 0 heterocycles. The smallest absolute Gasteiger partial charge is 0.119 e. The maximum absolute atomic E-state index is 9.91. The second-order valence-electron chi connectivity index (χ2n) is 4.05. The van der Waals surface area contributed by atoms with Gasteiger partial charge in [-0.2, -0.15) is 0 Å². The molecule has 0 radical (unpaired) electrons. The van der Waals surface area contributed by atoms with E-state index in [1.807, 2.05) is 12.1 Å². The number of rotatable bonds is 4. The van der Waals surface area contributed by atoms with Crippen LogP contribution in [0, 0.1) is 5.92 Å². The van der Waals surface area contributed by atoms with Crippen molar-refractivity contribution in [3.63, 3.8) is 0 Å². The van der Waals surface area contributed by atoms with E-state index in [0.29, 0.717) is 11.3 Å². The molecule has 82 valence electrons. The standard InChI is InChI=1S/C12H16O3/c1-15-10-4-2-3-9(7-10)12(14)11(13)8-5-6-8/h2-4,7-8,11-14H,5-6H2,1H3. The number of hydrogen-bond donors (Lipinski definition) is 2. The van der Waals surface area contributed by atoms with Gasteiger partial charge in [0.1, 0.15) is 11.9 Å². The first-order valence-corrected chi connectivity index (χ1v) is 5.22. The molecular formula is C12H16O3. The Morgan fingerprint density at radius 1 is 1.33 bits per heavy atom. The Morgan fingerprint density at radius 3 is 2.67 bits per heavy atom. The third kappa shape index (κ3) is 2.30. The van der Waals surface area contributed by atoms with Gasteiger partial charge in [-0.15, -0.1) is 0 Å². The van der Waals surface area contributed by atoms with Crippen LogP contribution in [0.1, 0.15) is 24.5 Å². The fourth-order valence-corrected chi connectivity index (χ4v) is 1.72. The predicted molar refractivity (Wildman–Crippen MR) is 56.7 cm³/mol. The molecule has 0 spiro atoms. The molecule has 3 nitrogen and oxygen atoms in total. The molecule has 3 heteroatoms. The summed E-state index contributed by atoms with van der Waals surface area (Å²) in [5.41, 5.74) is 0.716. The maximum Gasteiger partial charge on any atom is 0.119 e. The van der Waals surface area contributed by atoms with Crippen LogP contribution >= 0.6 is 0 Å². The van der Waals surface area contributed by atoms with Gasteiger partial charge in [0.05, 0.1) is 13.2 Å². The highest BCUT2D eigenvalue weighted by atomic mass is 16.5. The SMILES string of the molecule is COc1cccc(C(O)C(O)C2CC2)c1. The minimum Gasteiger partial charge on any atom is -0.497 e. The lowest BCUT2D eigenvalue weighted by Gasteiger charge is -2.18. The van der Waals surface area contributed by atoms with Crippen LogP contribution in [-0.4, -0.2) is 23.4 Å². The molecule has 1 aromatic rings. The molecule has 1 saturated carbocycles. The highest BCUT2D eigenvalue weighted by Gasteiger charge is 2.35. The first kappa shape index (κ1) is 10.5. The van der Waals surface area contributed by atoms with Gasteiger partial charge in [-0.05, 0) is 36.5 Å². The molecule has 2 rings (SSSR count). The first-order chi connectivity index (χ1) is 7.22. The van der Waals surface area contributed by atoms with Crippen molar-refractivity contribution in [1.82, 2.24) is 0 Å². The number of aliphatic hydroxyl groups excluding tert-OH is 2. The van der Waals surface area contributed by atoms with Crippen LogP contribution in [-0.2, 0) is 0 Å². The van der Waals surface area contributed by atoms with Crippen LogP contribution in [0.2, 0.25) is 0 Å². The van der Waals surface area contributed by atoms with Gasteiger partial charge < -0.3 is 14.9 Å². The van der Waals surface area contributed by atoms with Crippen molar-refractivity contribution < 1.29 is 14.9 Å². The number of benzene rings is 1. The van der Waals surface area contributed by atoms with E-state index in [4.69, 9.17) is 4.74 Å². The fourth-order valence-electron chi connectivity index (χ4n) is 1.72. The van der Waals surface area contributed by atoms with Gasteiger partial charge in [-0.1, -0.05) is 12.1 Å². The minimum atomic E-state index is -0.799. The molecule has 0 aliphatic heterocycles. The first-order valence-electron chi connectivity index (χ1n) is 5.22. The largest absolute Gasteiger partial charge is 0.497 e. The van der Waals surface area contributed by atoms with Crippen molar-refractivity contribution in [3.05, 3.63) is 29.8 Å². The Morgan fingerprint density at radius 2 is 2.07 bits per heavy atom. The third-order valence-electron chi connectivity index (χ3n) is 2.86. The summed E-state index contributed by atoms with van der Waals surface area (Å²) in [7, 11) is 1.59. The second-order valence-corrected chi connectivity index (χ2v) is 4.05. The van der Waals surface area contributed by atoms with Crippen molar-refractivity contribution in [1.29, 1.82) is 0 Å². The summed E-state index contributed by atoms with van der Waals surface area (Å²) >= 11 is 0. The van der Waals surface area contributed by atoms with Crippen molar-refractivity contribution in [2.75, 3.05) is 7.11 Å². The molecule has 15 heavy (non-hydrogen) atoms. The van der Waals surface area contributed by atoms with Gasteiger partial charge in [0, 0.05) is 0 Å². The summed E-state index contributed by atoms with van der Waals surface area (Å²) in [5, 5.41) is 19.7. The van der Waals surface area contributed by atoms with Crippen LogP contribution in [0.25, 0.3) is 0 Å². The van der Waals surface area contributed by atoms with E-state index in [1.54, 1.807) is 19.2 Å². The fraction of sp³-hybridized carbons (Fsp3) is 0.500. The highest BCUT2D eigenvalue weighted by molar-refractivity contribution is 5.30. The average Bonchev–Trinajstić information content (AvgIpc) is 3.11. The van der Waals surface area contributed by atoms with Crippen molar-refractivity contribution in [2.24, 2.45) is 5.92 Å². The maximum atomic E-state index is 9.91. The van der Waals surface area contributed by atoms with Crippen LogP contribution < -0.4 is 4.74 Å². The molecular weight excluding hydrogens is 192 g/mol. The van der Waals surface area contributed by atoms with E-state index in [9.17, 15) is 10.2 Å². The lowest BCUT2D eigenvalue weighted by Crippen LogP contribution is -2.20. The highest BCUT2D eigenvalue weighted by Crippen LogP contribution is 2.38. The van der Waals surface area contributed by atoms with Crippen LogP contribution in [0.4, 0.5) is 0 Å². The summed E-state index contributed by atoms with van der Waals surface area (Å²) in [6, 6.07) is 7.20. The van der Waals surface area contributed by atoms with E-state index >= 15 is 0 Å². The molecule has 0 amide bonds. The Bertz CT molecular complexity index is 333. The molecule has 1 fully saturated rings. The number of hydrogen-bond acceptors (Lipinski definition) is 3. The van der Waals surface area contributed by atoms with Crippen molar-refractivity contribution in [2.45, 2.75) is 25.0 Å². The molecule has 0 bridgehead atoms. The molecule has 2 unspecified atom stereocenters. The molecule has 2 N–H and O–H groups in total. The Labute approximate surface area is 89.3 Å². The lowest BCUT2D eigenvalue weighted by molar-refractivity contribution is 0.00475.